The van der Waals surface area contributed by atoms with Crippen molar-refractivity contribution in [3.63, 3.8) is 0 Å². The lowest BCUT2D eigenvalue weighted by Gasteiger charge is -1.87. The molecule has 0 aliphatic heterocycles. The van der Waals surface area contributed by atoms with Crippen LogP contribution < -0.4 is 0 Å². The number of nitriles is 1. The van der Waals surface area contributed by atoms with Crippen LogP contribution in [0.5, 0.6) is 0 Å². The van der Waals surface area contributed by atoms with E-state index in [4.69, 9.17) is 5.26 Å². The third-order valence-electron chi connectivity index (χ3n) is 1.07. The average Bonchev–Trinajstić information content (AvgIpc) is 2.06. The first-order chi connectivity index (χ1) is 5.33. The molecule has 0 aliphatic rings. The monoisotopic (exact) mass is 148 g/mol. The minimum Gasteiger partial charge on any atom is -0.257 e. The van der Waals surface area contributed by atoms with Gasteiger partial charge in [-0.2, -0.15) is 9.65 Å². The summed E-state index contributed by atoms with van der Waals surface area (Å²) in [6, 6.07) is 6.44. The molecule has 0 bridgehead atoms. The molecule has 0 saturated carbocycles. The van der Waals surface area contributed by atoms with Gasteiger partial charge in [-0.25, -0.2) is 0 Å². The van der Waals surface area contributed by atoms with E-state index in [0.29, 0.717) is 5.69 Å². The van der Waals surface area contributed by atoms with E-state index in [1.807, 2.05) is 0 Å². The molecule has 0 aliphatic carbocycles. The van der Waals surface area contributed by atoms with Crippen LogP contribution in [-0.4, -0.2) is 4.98 Å². The Balaban J connectivity index is 2.90. The van der Waals surface area contributed by atoms with Crippen molar-refractivity contribution in [1.82, 2.24) is 4.98 Å². The summed E-state index contributed by atoms with van der Waals surface area (Å²) in [6.07, 6.45) is 2.62. The molecule has 0 atom stereocenters. The van der Waals surface area contributed by atoms with E-state index in [1.54, 1.807) is 18.2 Å². The molecular formula is C8H5FN2. The Hall–Kier alpha value is -1.69. The van der Waals surface area contributed by atoms with Crippen LogP contribution in [0.2, 0.25) is 0 Å². The van der Waals surface area contributed by atoms with Gasteiger partial charge in [0.15, 0.2) is 0 Å². The topological polar surface area (TPSA) is 36.7 Å². The quantitative estimate of drug-likeness (QED) is 0.570. The Morgan fingerprint density at radius 3 is 3.00 bits per heavy atom. The van der Waals surface area contributed by atoms with E-state index < -0.39 is 5.83 Å². The first-order valence-electron chi connectivity index (χ1n) is 3.01. The Morgan fingerprint density at radius 2 is 2.45 bits per heavy atom. The van der Waals surface area contributed by atoms with Gasteiger partial charge >= 0.3 is 0 Å². The van der Waals surface area contributed by atoms with Crippen LogP contribution in [0, 0.1) is 11.3 Å². The van der Waals surface area contributed by atoms with Crippen molar-refractivity contribution in [3.8, 4) is 6.07 Å². The molecular weight excluding hydrogens is 143 g/mol. The zero-order chi connectivity index (χ0) is 8.10. The minimum atomic E-state index is -0.830. The lowest BCUT2D eigenvalue weighted by molar-refractivity contribution is 0.679. The first-order valence-corrected chi connectivity index (χ1v) is 3.01. The normalized spacial score (nSPS) is 10.7. The highest BCUT2D eigenvalue weighted by Gasteiger charge is 1.91. The van der Waals surface area contributed by atoms with Crippen LogP contribution in [-0.2, 0) is 0 Å². The summed E-state index contributed by atoms with van der Waals surface area (Å²) in [5, 5.41) is 8.08. The van der Waals surface area contributed by atoms with Crippen molar-refractivity contribution in [2.75, 3.05) is 0 Å². The number of allylic oxidation sites excluding steroid dienone is 1. The fraction of sp³-hybridized carbons (Fsp3) is 0. The van der Waals surface area contributed by atoms with Gasteiger partial charge in [-0.05, 0) is 12.1 Å². The molecule has 11 heavy (non-hydrogen) atoms. The molecule has 1 aromatic rings. The van der Waals surface area contributed by atoms with Gasteiger partial charge in [0.05, 0.1) is 5.69 Å². The maximum Gasteiger partial charge on any atom is 0.202 e. The summed E-state index contributed by atoms with van der Waals surface area (Å²) in [5.74, 6) is -0.830. The number of nitrogens with zero attached hydrogens (tertiary/aromatic N) is 2. The maximum absolute atomic E-state index is 12.3. The second-order valence-electron chi connectivity index (χ2n) is 1.86. The number of hydrogen-bond donors (Lipinski definition) is 0. The molecule has 0 saturated heterocycles. The lowest BCUT2D eigenvalue weighted by atomic mass is 10.3. The van der Waals surface area contributed by atoms with Crippen molar-refractivity contribution < 1.29 is 4.39 Å². The van der Waals surface area contributed by atoms with Crippen molar-refractivity contribution in [2.24, 2.45) is 0 Å². The molecule has 2 nitrogen and oxygen atoms in total. The summed E-state index contributed by atoms with van der Waals surface area (Å²) in [6.45, 7) is 0. The molecule has 0 aromatic carbocycles. The van der Waals surface area contributed by atoms with Gasteiger partial charge in [-0.1, -0.05) is 6.07 Å². The van der Waals surface area contributed by atoms with Gasteiger partial charge < -0.3 is 0 Å². The maximum atomic E-state index is 12.3. The van der Waals surface area contributed by atoms with E-state index in [0.717, 1.165) is 6.08 Å². The van der Waals surface area contributed by atoms with E-state index in [-0.39, 0.29) is 0 Å². The Morgan fingerprint density at radius 1 is 1.64 bits per heavy atom. The van der Waals surface area contributed by atoms with Gasteiger partial charge in [0.2, 0.25) is 5.83 Å². The number of halogens is 1. The van der Waals surface area contributed by atoms with Crippen molar-refractivity contribution in [3.05, 3.63) is 35.9 Å². The van der Waals surface area contributed by atoms with Gasteiger partial charge in [0, 0.05) is 12.3 Å². The molecule has 3 heteroatoms. The highest BCUT2D eigenvalue weighted by molar-refractivity contribution is 5.50. The summed E-state index contributed by atoms with van der Waals surface area (Å²) >= 11 is 0. The second-order valence-corrected chi connectivity index (χ2v) is 1.86. The van der Waals surface area contributed by atoms with Gasteiger partial charge in [0.25, 0.3) is 0 Å². The first kappa shape index (κ1) is 7.42. The SMILES string of the molecule is N#CC(F)=Cc1ccccn1. The van der Waals surface area contributed by atoms with Gasteiger partial charge in [-0.3, -0.25) is 4.98 Å². The van der Waals surface area contributed by atoms with Crippen LogP contribution >= 0.6 is 0 Å². The number of rotatable bonds is 1. The highest BCUT2D eigenvalue weighted by atomic mass is 19.1. The number of pyridine rings is 1. The molecule has 0 fully saturated rings. The average molecular weight is 148 g/mol. The summed E-state index contributed by atoms with van der Waals surface area (Å²) in [7, 11) is 0. The van der Waals surface area contributed by atoms with E-state index >= 15 is 0 Å². The fourth-order valence-corrected chi connectivity index (χ4v) is 0.623. The predicted octanol–water partition coefficient (Wildman–Crippen LogP) is 1.92. The molecule has 1 rings (SSSR count). The summed E-state index contributed by atoms with van der Waals surface area (Å²) in [4.78, 5) is 3.80. The Labute approximate surface area is 63.6 Å². The predicted molar refractivity (Wildman–Crippen MR) is 38.9 cm³/mol. The molecule has 54 valence electrons. The van der Waals surface area contributed by atoms with Crippen LogP contribution in [0.1, 0.15) is 5.69 Å². The van der Waals surface area contributed by atoms with Crippen molar-refractivity contribution >= 4 is 6.08 Å². The molecule has 1 aromatic heterocycles. The van der Waals surface area contributed by atoms with E-state index in [2.05, 4.69) is 4.98 Å². The highest BCUT2D eigenvalue weighted by Crippen LogP contribution is 2.02. The van der Waals surface area contributed by atoms with Crippen LogP contribution in [0.3, 0.4) is 0 Å². The second kappa shape index (κ2) is 3.47. The molecule has 0 radical (unpaired) electrons. The Bertz CT molecular complexity index is 298. The summed E-state index contributed by atoms with van der Waals surface area (Å²) in [5.41, 5.74) is 0.451. The van der Waals surface area contributed by atoms with Gasteiger partial charge in [-0.15, -0.1) is 0 Å². The molecule has 1 heterocycles. The minimum absolute atomic E-state index is 0.451. The zero-order valence-electron chi connectivity index (χ0n) is 5.66. The molecule has 0 amide bonds. The van der Waals surface area contributed by atoms with Crippen LogP contribution in [0.25, 0.3) is 6.08 Å². The molecule has 0 N–H and O–H groups in total. The van der Waals surface area contributed by atoms with Crippen LogP contribution in [0.15, 0.2) is 30.2 Å². The van der Waals surface area contributed by atoms with E-state index in [9.17, 15) is 4.39 Å². The smallest absolute Gasteiger partial charge is 0.202 e. The Kier molecular flexibility index (Phi) is 2.34. The number of hydrogen-bond acceptors (Lipinski definition) is 2. The lowest BCUT2D eigenvalue weighted by Crippen LogP contribution is -1.77. The molecule has 0 unspecified atom stereocenters. The fourth-order valence-electron chi connectivity index (χ4n) is 0.623. The standard InChI is InChI=1S/C8H5FN2/c9-7(6-10)5-8-3-1-2-4-11-8/h1-5H. The zero-order valence-corrected chi connectivity index (χ0v) is 5.66. The van der Waals surface area contributed by atoms with Crippen molar-refractivity contribution in [2.45, 2.75) is 0 Å². The number of aromatic nitrogens is 1. The third kappa shape index (κ3) is 2.18. The molecule has 0 spiro atoms. The summed E-state index contributed by atoms with van der Waals surface area (Å²) < 4.78 is 12.3. The van der Waals surface area contributed by atoms with Crippen LogP contribution in [0.4, 0.5) is 4.39 Å². The van der Waals surface area contributed by atoms with E-state index in [1.165, 1.54) is 12.3 Å². The third-order valence-corrected chi connectivity index (χ3v) is 1.07. The van der Waals surface area contributed by atoms with Gasteiger partial charge in [0.1, 0.15) is 6.07 Å². The largest absolute Gasteiger partial charge is 0.257 e. The van der Waals surface area contributed by atoms with Crippen molar-refractivity contribution in [1.29, 1.82) is 5.26 Å².